The van der Waals surface area contributed by atoms with Gasteiger partial charge in [0.25, 0.3) is 5.91 Å². The SMILES string of the molecule is CC[C@@]1(c2cccc(-c3cnn(-c4ccccc4)c3F)c2)C2=CN=NC2NC2=C1C(=O)NC(C)(C)C2. The Morgan fingerprint density at radius 3 is 2.72 bits per heavy atom. The van der Waals surface area contributed by atoms with Crippen molar-refractivity contribution >= 4 is 5.91 Å². The molecule has 4 heterocycles. The molecule has 0 bridgehead atoms. The third-order valence-corrected chi connectivity index (χ3v) is 7.41. The highest BCUT2D eigenvalue weighted by molar-refractivity contribution is 6.00. The number of hydrogen-bond acceptors (Lipinski definition) is 5. The molecule has 36 heavy (non-hydrogen) atoms. The fourth-order valence-electron chi connectivity index (χ4n) is 5.84. The third kappa shape index (κ3) is 3.24. The minimum Gasteiger partial charge on any atom is -0.362 e. The van der Waals surface area contributed by atoms with E-state index in [0.29, 0.717) is 35.2 Å². The van der Waals surface area contributed by atoms with Crippen molar-refractivity contribution < 1.29 is 9.18 Å². The van der Waals surface area contributed by atoms with Gasteiger partial charge in [0, 0.05) is 23.2 Å². The van der Waals surface area contributed by atoms with E-state index in [0.717, 1.165) is 16.8 Å². The van der Waals surface area contributed by atoms with Gasteiger partial charge in [-0.25, -0.2) is 4.68 Å². The normalized spacial score (nSPS) is 24.1. The van der Waals surface area contributed by atoms with E-state index >= 15 is 4.39 Å². The number of azo groups is 1. The summed E-state index contributed by atoms with van der Waals surface area (Å²) in [5.41, 5.74) is 4.04. The predicted molar refractivity (Wildman–Crippen MR) is 135 cm³/mol. The topological polar surface area (TPSA) is 83.7 Å². The number of nitrogens with zero attached hydrogens (tertiary/aromatic N) is 4. The first kappa shape index (κ1) is 22.4. The Bertz CT molecular complexity index is 1470. The first-order chi connectivity index (χ1) is 17.3. The Labute approximate surface area is 208 Å². The molecule has 2 N–H and O–H groups in total. The molecule has 0 saturated heterocycles. The maximum atomic E-state index is 15.6. The van der Waals surface area contributed by atoms with Crippen LogP contribution in [0.2, 0.25) is 0 Å². The number of amides is 1. The molecule has 0 saturated carbocycles. The van der Waals surface area contributed by atoms with Gasteiger partial charge in [0.15, 0.2) is 6.17 Å². The summed E-state index contributed by atoms with van der Waals surface area (Å²) < 4.78 is 16.9. The first-order valence-electron chi connectivity index (χ1n) is 12.2. The van der Waals surface area contributed by atoms with Crippen molar-refractivity contribution in [3.05, 3.63) is 95.3 Å². The van der Waals surface area contributed by atoms with Crippen LogP contribution in [0, 0.1) is 5.95 Å². The van der Waals surface area contributed by atoms with Crippen LogP contribution in [0.3, 0.4) is 0 Å². The smallest absolute Gasteiger partial charge is 0.250 e. The van der Waals surface area contributed by atoms with Crippen LogP contribution in [0.4, 0.5) is 4.39 Å². The molecule has 182 valence electrons. The molecule has 1 unspecified atom stereocenters. The monoisotopic (exact) mass is 482 g/mol. The molecule has 1 amide bonds. The molecular formula is C28H27FN6O. The standard InChI is InChI=1S/C28H27FN6O/c1-4-28(21-16-30-34-25(21)32-22-14-27(2,3)33-26(36)23(22)28)18-10-8-9-17(13-18)20-15-31-35(24(20)29)19-11-6-5-7-12-19/h5-13,15-16,25,32H,4,14H2,1-3H3,(H,33,36)/t25?,28-/m1/s1. The molecule has 3 aliphatic rings. The number of fused-ring (bicyclic) bond motifs is 1. The molecule has 3 aromatic rings. The van der Waals surface area contributed by atoms with E-state index in [1.165, 1.54) is 4.68 Å². The predicted octanol–water partition coefficient (Wildman–Crippen LogP) is 5.16. The van der Waals surface area contributed by atoms with Crippen LogP contribution in [-0.2, 0) is 10.2 Å². The average molecular weight is 483 g/mol. The summed E-state index contributed by atoms with van der Waals surface area (Å²) in [4.78, 5) is 13.6. The first-order valence-corrected chi connectivity index (χ1v) is 12.2. The Hall–Kier alpha value is -4.07. The van der Waals surface area contributed by atoms with Gasteiger partial charge in [-0.3, -0.25) is 4.79 Å². The van der Waals surface area contributed by atoms with Crippen molar-refractivity contribution in [3.63, 3.8) is 0 Å². The highest BCUT2D eigenvalue weighted by Crippen LogP contribution is 2.51. The van der Waals surface area contributed by atoms with Gasteiger partial charge in [-0.1, -0.05) is 43.3 Å². The zero-order valence-corrected chi connectivity index (χ0v) is 20.4. The highest BCUT2D eigenvalue weighted by atomic mass is 19.1. The van der Waals surface area contributed by atoms with Crippen molar-refractivity contribution in [1.29, 1.82) is 0 Å². The summed E-state index contributed by atoms with van der Waals surface area (Å²) in [5, 5.41) is 19.6. The van der Waals surface area contributed by atoms with E-state index in [-0.39, 0.29) is 17.6 Å². The number of hydrogen-bond donors (Lipinski definition) is 2. The summed E-state index contributed by atoms with van der Waals surface area (Å²) in [6.07, 6.45) is 4.27. The summed E-state index contributed by atoms with van der Waals surface area (Å²) in [7, 11) is 0. The van der Waals surface area contributed by atoms with E-state index in [1.54, 1.807) is 12.4 Å². The largest absolute Gasteiger partial charge is 0.362 e. The van der Waals surface area contributed by atoms with Crippen molar-refractivity contribution in [1.82, 2.24) is 20.4 Å². The average Bonchev–Trinajstić information content (AvgIpc) is 3.49. The van der Waals surface area contributed by atoms with Gasteiger partial charge in [0.1, 0.15) is 0 Å². The van der Waals surface area contributed by atoms with Crippen molar-refractivity contribution in [2.45, 2.75) is 50.7 Å². The maximum Gasteiger partial charge on any atom is 0.250 e. The van der Waals surface area contributed by atoms with Gasteiger partial charge < -0.3 is 10.6 Å². The molecule has 6 rings (SSSR count). The number of rotatable bonds is 4. The van der Waals surface area contributed by atoms with E-state index in [1.807, 2.05) is 68.4 Å². The number of carbonyl (C=O) groups excluding carboxylic acids is 1. The van der Waals surface area contributed by atoms with Crippen LogP contribution in [0.15, 0.2) is 94.1 Å². The lowest BCUT2D eigenvalue weighted by Crippen LogP contribution is -2.58. The summed E-state index contributed by atoms with van der Waals surface area (Å²) in [5.74, 6) is -0.537. The Balaban J connectivity index is 1.51. The second-order valence-corrected chi connectivity index (χ2v) is 10.2. The number of para-hydroxylation sites is 1. The molecular weight excluding hydrogens is 455 g/mol. The number of carbonyl (C=O) groups is 1. The molecule has 8 heteroatoms. The van der Waals surface area contributed by atoms with Crippen molar-refractivity contribution in [2.75, 3.05) is 0 Å². The summed E-state index contributed by atoms with van der Waals surface area (Å²) >= 11 is 0. The van der Waals surface area contributed by atoms with Gasteiger partial charge in [0.2, 0.25) is 5.95 Å². The molecule has 0 radical (unpaired) electrons. The molecule has 3 aliphatic heterocycles. The Kier molecular flexibility index (Phi) is 4.96. The quantitative estimate of drug-likeness (QED) is 0.539. The van der Waals surface area contributed by atoms with E-state index < -0.39 is 11.4 Å². The van der Waals surface area contributed by atoms with Gasteiger partial charge in [-0.2, -0.15) is 19.7 Å². The fourth-order valence-corrected chi connectivity index (χ4v) is 5.84. The highest BCUT2D eigenvalue weighted by Gasteiger charge is 2.53. The van der Waals surface area contributed by atoms with Crippen LogP contribution in [0.25, 0.3) is 16.8 Å². The molecule has 0 fully saturated rings. The lowest BCUT2D eigenvalue weighted by molar-refractivity contribution is -0.120. The fraction of sp³-hybridized carbons (Fsp3) is 0.286. The van der Waals surface area contributed by atoms with Gasteiger partial charge >= 0.3 is 0 Å². The van der Waals surface area contributed by atoms with Gasteiger partial charge in [0.05, 0.1) is 34.6 Å². The Morgan fingerprint density at radius 1 is 1.14 bits per heavy atom. The summed E-state index contributed by atoms with van der Waals surface area (Å²) in [6, 6.07) is 17.0. The van der Waals surface area contributed by atoms with Gasteiger partial charge in [-0.15, -0.1) is 0 Å². The van der Waals surface area contributed by atoms with Crippen LogP contribution in [0.1, 0.15) is 39.2 Å². The van der Waals surface area contributed by atoms with Crippen LogP contribution < -0.4 is 10.6 Å². The second-order valence-electron chi connectivity index (χ2n) is 10.2. The number of benzene rings is 2. The lowest BCUT2D eigenvalue weighted by atomic mass is 9.62. The van der Waals surface area contributed by atoms with Gasteiger partial charge in [-0.05, 0) is 49.6 Å². The third-order valence-electron chi connectivity index (χ3n) is 7.41. The van der Waals surface area contributed by atoms with E-state index in [2.05, 4.69) is 32.9 Å². The molecule has 2 atom stereocenters. The van der Waals surface area contributed by atoms with Crippen LogP contribution in [-0.4, -0.2) is 27.4 Å². The van der Waals surface area contributed by atoms with Crippen molar-refractivity contribution in [2.24, 2.45) is 10.2 Å². The molecule has 2 aromatic carbocycles. The Morgan fingerprint density at radius 2 is 1.94 bits per heavy atom. The number of halogens is 1. The summed E-state index contributed by atoms with van der Waals surface area (Å²) in [6.45, 7) is 6.10. The minimum absolute atomic E-state index is 0.102. The molecule has 1 aromatic heterocycles. The number of aromatic nitrogens is 2. The number of nitrogens with one attached hydrogen (secondary N) is 2. The van der Waals surface area contributed by atoms with Crippen LogP contribution in [0.5, 0.6) is 0 Å². The van der Waals surface area contributed by atoms with Crippen molar-refractivity contribution in [3.8, 4) is 16.8 Å². The second kappa shape index (κ2) is 7.98. The molecule has 7 nitrogen and oxygen atoms in total. The van der Waals surface area contributed by atoms with E-state index in [4.69, 9.17) is 0 Å². The zero-order chi connectivity index (χ0) is 25.1. The lowest BCUT2D eigenvalue weighted by Gasteiger charge is -2.48. The molecule has 0 aliphatic carbocycles. The maximum absolute atomic E-state index is 15.6. The zero-order valence-electron chi connectivity index (χ0n) is 20.4. The van der Waals surface area contributed by atoms with E-state index in [9.17, 15) is 4.79 Å². The minimum atomic E-state index is -0.739. The molecule has 0 spiro atoms. The van der Waals surface area contributed by atoms with Crippen LogP contribution >= 0.6 is 0 Å².